The third kappa shape index (κ3) is 1.58. The third-order valence-corrected chi connectivity index (χ3v) is 2.78. The Hall–Kier alpha value is -2.21. The standard InChI is InChI=1S/C11H6ClNO5/c12-5-1-2-7-10(17-4-16-7)9(5)8-3-6(11(14)15)13-18-8/h1-3H,4H2,(H,14,15). The summed E-state index contributed by atoms with van der Waals surface area (Å²) in [7, 11) is 0. The monoisotopic (exact) mass is 267 g/mol. The predicted molar refractivity (Wildman–Crippen MR) is 60.0 cm³/mol. The van der Waals surface area contributed by atoms with Crippen molar-refractivity contribution in [1.29, 1.82) is 0 Å². The number of rotatable bonds is 2. The Kier molecular flexibility index (Phi) is 2.38. The van der Waals surface area contributed by atoms with Crippen LogP contribution in [-0.4, -0.2) is 23.0 Å². The molecule has 92 valence electrons. The number of hydrogen-bond acceptors (Lipinski definition) is 5. The lowest BCUT2D eigenvalue weighted by Gasteiger charge is -2.03. The average molecular weight is 268 g/mol. The topological polar surface area (TPSA) is 81.8 Å². The van der Waals surface area contributed by atoms with Crippen LogP contribution < -0.4 is 9.47 Å². The molecule has 3 rings (SSSR count). The first-order chi connectivity index (χ1) is 8.66. The predicted octanol–water partition coefficient (Wildman–Crippen LogP) is 2.42. The van der Waals surface area contributed by atoms with Crippen LogP contribution in [0.4, 0.5) is 0 Å². The quantitative estimate of drug-likeness (QED) is 0.900. The Labute approximate surface area is 106 Å². The summed E-state index contributed by atoms with van der Waals surface area (Å²) < 4.78 is 15.5. The minimum Gasteiger partial charge on any atom is -0.476 e. The number of nitrogens with zero attached hydrogens (tertiary/aromatic N) is 1. The van der Waals surface area contributed by atoms with E-state index in [1.54, 1.807) is 12.1 Å². The smallest absolute Gasteiger partial charge is 0.358 e. The highest BCUT2D eigenvalue weighted by Gasteiger charge is 2.25. The summed E-state index contributed by atoms with van der Waals surface area (Å²) >= 11 is 6.06. The number of halogens is 1. The van der Waals surface area contributed by atoms with Crippen molar-refractivity contribution in [3.05, 3.63) is 28.9 Å². The van der Waals surface area contributed by atoms with Gasteiger partial charge in [-0.05, 0) is 12.1 Å². The van der Waals surface area contributed by atoms with E-state index in [1.165, 1.54) is 6.07 Å². The van der Waals surface area contributed by atoms with Crippen LogP contribution in [0.1, 0.15) is 10.5 Å². The lowest BCUT2D eigenvalue weighted by molar-refractivity contribution is 0.0686. The molecular formula is C11H6ClNO5. The van der Waals surface area contributed by atoms with Crippen molar-refractivity contribution >= 4 is 17.6 Å². The molecule has 0 saturated carbocycles. The van der Waals surface area contributed by atoms with E-state index in [2.05, 4.69) is 5.16 Å². The lowest BCUT2D eigenvalue weighted by Crippen LogP contribution is -1.94. The zero-order valence-corrected chi connectivity index (χ0v) is 9.60. The molecule has 0 bridgehead atoms. The number of carboxylic acids is 1. The minimum absolute atomic E-state index is 0.0859. The third-order valence-electron chi connectivity index (χ3n) is 2.46. The molecule has 0 unspecified atom stereocenters. The van der Waals surface area contributed by atoms with Crippen LogP contribution in [0.3, 0.4) is 0 Å². The maximum absolute atomic E-state index is 10.8. The number of hydrogen-bond donors (Lipinski definition) is 1. The van der Waals surface area contributed by atoms with E-state index < -0.39 is 5.97 Å². The number of carboxylic acid groups (broad SMARTS) is 1. The average Bonchev–Trinajstić information content (AvgIpc) is 2.95. The fraction of sp³-hybridized carbons (Fsp3) is 0.0909. The van der Waals surface area contributed by atoms with Crippen molar-refractivity contribution in [1.82, 2.24) is 5.16 Å². The van der Waals surface area contributed by atoms with Gasteiger partial charge < -0.3 is 19.1 Å². The molecule has 0 radical (unpaired) electrons. The molecular weight excluding hydrogens is 262 g/mol. The summed E-state index contributed by atoms with van der Waals surface area (Å²) in [5, 5.41) is 12.6. The molecule has 1 N–H and O–H groups in total. The molecule has 0 atom stereocenters. The zero-order chi connectivity index (χ0) is 12.7. The van der Waals surface area contributed by atoms with Crippen LogP contribution in [0.25, 0.3) is 11.3 Å². The summed E-state index contributed by atoms with van der Waals surface area (Å²) in [6.07, 6.45) is 0. The first-order valence-corrected chi connectivity index (χ1v) is 5.33. The summed E-state index contributed by atoms with van der Waals surface area (Å²) in [5.41, 5.74) is 0.240. The number of aromatic nitrogens is 1. The van der Waals surface area contributed by atoms with E-state index >= 15 is 0 Å². The fourth-order valence-corrected chi connectivity index (χ4v) is 1.91. The van der Waals surface area contributed by atoms with Crippen molar-refractivity contribution in [2.24, 2.45) is 0 Å². The molecule has 7 heteroatoms. The molecule has 0 aliphatic carbocycles. The van der Waals surface area contributed by atoms with E-state index in [0.29, 0.717) is 22.1 Å². The Morgan fingerprint density at radius 3 is 2.94 bits per heavy atom. The number of fused-ring (bicyclic) bond motifs is 1. The molecule has 1 aromatic heterocycles. The van der Waals surface area contributed by atoms with Gasteiger partial charge in [0.2, 0.25) is 6.79 Å². The Morgan fingerprint density at radius 2 is 2.22 bits per heavy atom. The molecule has 2 aromatic rings. The second-order valence-electron chi connectivity index (χ2n) is 3.54. The maximum Gasteiger partial charge on any atom is 0.358 e. The van der Waals surface area contributed by atoms with Gasteiger partial charge >= 0.3 is 5.97 Å². The van der Waals surface area contributed by atoms with Gasteiger partial charge in [0.1, 0.15) is 0 Å². The first-order valence-electron chi connectivity index (χ1n) is 4.95. The summed E-state index contributed by atoms with van der Waals surface area (Å²) in [6, 6.07) is 4.57. The second kappa shape index (κ2) is 3.92. The van der Waals surface area contributed by atoms with Crippen molar-refractivity contribution in [3.63, 3.8) is 0 Å². The normalized spacial score (nSPS) is 12.7. The molecule has 0 fully saturated rings. The van der Waals surface area contributed by atoms with Gasteiger partial charge in [-0.15, -0.1) is 0 Å². The van der Waals surface area contributed by atoms with Crippen molar-refractivity contribution < 1.29 is 23.9 Å². The Bertz CT molecular complexity index is 636. The molecule has 18 heavy (non-hydrogen) atoms. The first kappa shape index (κ1) is 10.9. The van der Waals surface area contributed by atoms with Gasteiger partial charge in [0, 0.05) is 6.07 Å². The highest BCUT2D eigenvalue weighted by atomic mass is 35.5. The van der Waals surface area contributed by atoms with Crippen LogP contribution in [0.5, 0.6) is 11.5 Å². The van der Waals surface area contributed by atoms with Crippen molar-refractivity contribution in [2.75, 3.05) is 6.79 Å². The largest absolute Gasteiger partial charge is 0.476 e. The van der Waals surface area contributed by atoms with Gasteiger partial charge in [-0.25, -0.2) is 4.79 Å². The number of ether oxygens (including phenoxy) is 2. The van der Waals surface area contributed by atoms with E-state index in [9.17, 15) is 4.79 Å². The SMILES string of the molecule is O=C(O)c1cc(-c2c(Cl)ccc3c2OCO3)on1. The maximum atomic E-state index is 10.8. The minimum atomic E-state index is -1.18. The van der Waals surface area contributed by atoms with Crippen LogP contribution in [0.2, 0.25) is 5.02 Å². The second-order valence-corrected chi connectivity index (χ2v) is 3.94. The Balaban J connectivity index is 2.16. The molecule has 2 heterocycles. The van der Waals surface area contributed by atoms with E-state index in [0.717, 1.165) is 0 Å². The van der Waals surface area contributed by atoms with Gasteiger partial charge in [-0.2, -0.15) is 0 Å². The van der Waals surface area contributed by atoms with Crippen LogP contribution in [0, 0.1) is 0 Å². The number of benzene rings is 1. The van der Waals surface area contributed by atoms with Crippen molar-refractivity contribution in [2.45, 2.75) is 0 Å². The summed E-state index contributed by atoms with van der Waals surface area (Å²) in [6.45, 7) is 0.0859. The van der Waals surface area contributed by atoms with E-state index in [1.807, 2.05) is 0 Å². The zero-order valence-electron chi connectivity index (χ0n) is 8.84. The fourth-order valence-electron chi connectivity index (χ4n) is 1.67. The van der Waals surface area contributed by atoms with Crippen LogP contribution in [0.15, 0.2) is 22.7 Å². The van der Waals surface area contributed by atoms with Crippen molar-refractivity contribution in [3.8, 4) is 22.8 Å². The molecule has 0 spiro atoms. The van der Waals surface area contributed by atoms with Gasteiger partial charge in [-0.1, -0.05) is 16.8 Å². The summed E-state index contributed by atoms with van der Waals surface area (Å²) in [4.78, 5) is 10.8. The highest BCUT2D eigenvalue weighted by molar-refractivity contribution is 6.33. The molecule has 0 amide bonds. The molecule has 1 aliphatic rings. The van der Waals surface area contributed by atoms with Gasteiger partial charge in [-0.3, -0.25) is 0 Å². The number of carbonyl (C=O) groups is 1. The highest BCUT2D eigenvalue weighted by Crippen LogP contribution is 2.45. The van der Waals surface area contributed by atoms with Crippen LogP contribution in [-0.2, 0) is 0 Å². The van der Waals surface area contributed by atoms with E-state index in [-0.39, 0.29) is 18.2 Å². The summed E-state index contributed by atoms with van der Waals surface area (Å²) in [5.74, 6) is 0.00359. The van der Waals surface area contributed by atoms with Gasteiger partial charge in [0.15, 0.2) is 23.0 Å². The van der Waals surface area contributed by atoms with E-state index in [4.69, 9.17) is 30.7 Å². The Morgan fingerprint density at radius 1 is 1.39 bits per heavy atom. The molecule has 1 aliphatic heterocycles. The van der Waals surface area contributed by atoms with Crippen LogP contribution >= 0.6 is 11.6 Å². The molecule has 6 nitrogen and oxygen atoms in total. The molecule has 1 aromatic carbocycles. The van der Waals surface area contributed by atoms with Gasteiger partial charge in [0.05, 0.1) is 10.6 Å². The number of aromatic carboxylic acids is 1. The molecule has 0 saturated heterocycles. The van der Waals surface area contributed by atoms with Gasteiger partial charge in [0.25, 0.3) is 0 Å². The lowest BCUT2D eigenvalue weighted by atomic mass is 10.1.